The summed E-state index contributed by atoms with van der Waals surface area (Å²) in [6, 6.07) is 0. The Bertz CT molecular complexity index is 180. The van der Waals surface area contributed by atoms with Gasteiger partial charge in [-0.15, -0.1) is 0 Å². The van der Waals surface area contributed by atoms with Crippen LogP contribution in [0.3, 0.4) is 0 Å². The lowest BCUT2D eigenvalue weighted by Crippen LogP contribution is -2.49. The van der Waals surface area contributed by atoms with E-state index in [0.717, 1.165) is 0 Å². The van der Waals surface area contributed by atoms with E-state index in [-0.39, 0.29) is 0 Å². The molecule has 0 aliphatic carbocycles. The Hall–Kier alpha value is -0.200. The van der Waals surface area contributed by atoms with Crippen LogP contribution in [0, 0.1) is 0 Å². The van der Waals surface area contributed by atoms with Gasteiger partial charge in [0.15, 0.2) is 0 Å². The van der Waals surface area contributed by atoms with Crippen LogP contribution in [0.2, 0.25) is 0 Å². The SMILES string of the molecule is FP(F)C(F)(F)C(F)(F)C(F)(F)F. The van der Waals surface area contributed by atoms with Crippen LogP contribution >= 0.6 is 8.54 Å². The fourth-order valence-corrected chi connectivity index (χ4v) is 0.616. The highest BCUT2D eigenvalue weighted by Gasteiger charge is 2.77. The molecule has 0 saturated carbocycles. The highest BCUT2D eigenvalue weighted by molar-refractivity contribution is 7.47. The van der Waals surface area contributed by atoms with Crippen LogP contribution in [-0.2, 0) is 0 Å². The molecule has 0 bridgehead atoms. The lowest BCUT2D eigenvalue weighted by atomic mass is 10.3. The van der Waals surface area contributed by atoms with E-state index >= 15 is 0 Å². The zero-order valence-electron chi connectivity index (χ0n) is 5.35. The highest BCUT2D eigenvalue weighted by atomic mass is 31.2. The van der Waals surface area contributed by atoms with Gasteiger partial charge in [-0.1, -0.05) is 0 Å². The molecule has 0 heterocycles. The predicted octanol–water partition coefficient (Wildman–Crippen LogP) is 4.03. The largest absolute Gasteiger partial charge is 0.460 e. The van der Waals surface area contributed by atoms with Crippen LogP contribution in [-0.4, -0.2) is 17.8 Å². The molecule has 0 N–H and O–H groups in total. The Labute approximate surface area is 66.7 Å². The predicted molar refractivity (Wildman–Crippen MR) is 25.1 cm³/mol. The van der Waals surface area contributed by atoms with Gasteiger partial charge in [-0.2, -0.15) is 39.1 Å². The topological polar surface area (TPSA) is 0 Å². The second-order valence-corrected chi connectivity index (χ2v) is 2.87. The standard InChI is InChI=1S/C3F9P/c4-1(5,2(6,7)8)3(9,10)13(11)12. The lowest BCUT2D eigenvalue weighted by molar-refractivity contribution is -0.333. The molecule has 0 radical (unpaired) electrons. The van der Waals surface area contributed by atoms with Crippen LogP contribution in [0.5, 0.6) is 0 Å². The van der Waals surface area contributed by atoms with Crippen molar-refractivity contribution >= 4 is 8.54 Å². The normalized spacial score (nSPS) is 15.2. The summed E-state index contributed by atoms with van der Waals surface area (Å²) in [6.07, 6.45) is -6.69. The molecular weight excluding hydrogens is 238 g/mol. The van der Waals surface area contributed by atoms with Crippen LogP contribution in [0.1, 0.15) is 0 Å². The lowest BCUT2D eigenvalue weighted by Gasteiger charge is -2.26. The zero-order chi connectivity index (χ0) is 11.1. The molecule has 0 spiro atoms. The van der Waals surface area contributed by atoms with Gasteiger partial charge >= 0.3 is 26.3 Å². The molecule has 0 aromatic rings. The minimum atomic E-state index is -6.70. The Balaban J connectivity index is 5.04. The molecular formula is C3F9P. The van der Waals surface area contributed by atoms with E-state index in [0.29, 0.717) is 0 Å². The van der Waals surface area contributed by atoms with Gasteiger partial charge in [0.2, 0.25) is 0 Å². The van der Waals surface area contributed by atoms with Crippen molar-refractivity contribution in [3.05, 3.63) is 0 Å². The molecule has 0 unspecified atom stereocenters. The third kappa shape index (κ3) is 2.00. The van der Waals surface area contributed by atoms with Crippen molar-refractivity contribution in [1.29, 1.82) is 0 Å². The molecule has 0 aromatic carbocycles. The van der Waals surface area contributed by atoms with E-state index in [4.69, 9.17) is 0 Å². The van der Waals surface area contributed by atoms with Crippen molar-refractivity contribution in [2.24, 2.45) is 0 Å². The Kier molecular flexibility index (Phi) is 3.13. The Morgan fingerprint density at radius 3 is 1.08 bits per heavy atom. The first-order valence-electron chi connectivity index (χ1n) is 2.38. The van der Waals surface area contributed by atoms with Gasteiger partial charge in [0, 0.05) is 0 Å². The van der Waals surface area contributed by atoms with E-state index in [2.05, 4.69) is 0 Å². The summed E-state index contributed by atoms with van der Waals surface area (Å²) in [7, 11) is -5.70. The van der Waals surface area contributed by atoms with E-state index < -0.39 is 26.3 Å². The molecule has 0 aliphatic heterocycles. The van der Waals surface area contributed by atoms with Crippen molar-refractivity contribution in [2.75, 3.05) is 0 Å². The van der Waals surface area contributed by atoms with E-state index in [1.807, 2.05) is 0 Å². The fourth-order valence-electron chi connectivity index (χ4n) is 0.277. The first-order chi connectivity index (χ1) is 5.44. The average Bonchev–Trinajstić information content (AvgIpc) is 1.84. The minimum absolute atomic E-state index is 5.70. The van der Waals surface area contributed by atoms with Crippen LogP contribution < -0.4 is 0 Å². The summed E-state index contributed by atoms with van der Waals surface area (Å²) in [6.45, 7) is 0. The third-order valence-corrected chi connectivity index (χ3v) is 1.65. The minimum Gasteiger partial charge on any atom is -0.189 e. The Morgan fingerprint density at radius 2 is 1.00 bits per heavy atom. The van der Waals surface area contributed by atoms with Gasteiger partial charge in [-0.05, 0) is 0 Å². The first kappa shape index (κ1) is 12.8. The van der Waals surface area contributed by atoms with Gasteiger partial charge in [0.05, 0.1) is 0 Å². The molecule has 0 fully saturated rings. The highest BCUT2D eigenvalue weighted by Crippen LogP contribution is 2.64. The molecule has 10 heteroatoms. The summed E-state index contributed by atoms with van der Waals surface area (Å²) in [5.74, 6) is -6.70. The van der Waals surface area contributed by atoms with Crippen LogP contribution in [0.15, 0.2) is 0 Å². The maximum atomic E-state index is 11.6. The molecule has 80 valence electrons. The second-order valence-electron chi connectivity index (χ2n) is 1.85. The molecule has 0 amide bonds. The molecule has 0 saturated heterocycles. The number of rotatable bonds is 2. The average molecular weight is 238 g/mol. The van der Waals surface area contributed by atoms with Crippen LogP contribution in [0.4, 0.5) is 39.1 Å². The van der Waals surface area contributed by atoms with Gasteiger partial charge in [-0.25, -0.2) is 0 Å². The van der Waals surface area contributed by atoms with Gasteiger partial charge in [0.1, 0.15) is 0 Å². The van der Waals surface area contributed by atoms with E-state index in [1.54, 1.807) is 0 Å². The summed E-state index contributed by atoms with van der Waals surface area (Å²) in [5, 5.41) is 0. The zero-order valence-corrected chi connectivity index (χ0v) is 6.24. The quantitative estimate of drug-likeness (QED) is 0.503. The molecule has 0 atom stereocenters. The van der Waals surface area contributed by atoms with Gasteiger partial charge in [-0.3, -0.25) is 0 Å². The van der Waals surface area contributed by atoms with Crippen molar-refractivity contribution < 1.29 is 39.1 Å². The molecule has 0 rings (SSSR count). The molecule has 0 aliphatic rings. The summed E-state index contributed by atoms with van der Waals surface area (Å²) in [5.41, 5.74) is -6.35. The van der Waals surface area contributed by atoms with Crippen molar-refractivity contribution in [3.63, 3.8) is 0 Å². The van der Waals surface area contributed by atoms with E-state index in [9.17, 15) is 39.1 Å². The van der Waals surface area contributed by atoms with Crippen LogP contribution in [0.25, 0.3) is 0 Å². The van der Waals surface area contributed by atoms with Crippen molar-refractivity contribution in [1.82, 2.24) is 0 Å². The van der Waals surface area contributed by atoms with Gasteiger partial charge in [0.25, 0.3) is 0 Å². The third-order valence-electron chi connectivity index (χ3n) is 0.946. The second kappa shape index (κ2) is 3.18. The number of hydrogen-bond donors (Lipinski definition) is 0. The summed E-state index contributed by atoms with van der Waals surface area (Å²) in [4.78, 5) is 0. The number of halogens is 9. The van der Waals surface area contributed by atoms with Gasteiger partial charge < -0.3 is 0 Å². The molecule has 0 nitrogen and oxygen atoms in total. The molecule has 0 aromatic heterocycles. The Morgan fingerprint density at radius 1 is 0.692 bits per heavy atom. The molecule has 13 heavy (non-hydrogen) atoms. The van der Waals surface area contributed by atoms with Crippen molar-refractivity contribution in [3.8, 4) is 0 Å². The maximum Gasteiger partial charge on any atom is 0.460 e. The smallest absolute Gasteiger partial charge is 0.189 e. The van der Waals surface area contributed by atoms with Crippen molar-refractivity contribution in [2.45, 2.75) is 17.8 Å². The first-order valence-corrected chi connectivity index (χ1v) is 3.51. The number of hydrogen-bond acceptors (Lipinski definition) is 0. The summed E-state index contributed by atoms with van der Waals surface area (Å²) >= 11 is 0. The number of alkyl halides is 7. The summed E-state index contributed by atoms with van der Waals surface area (Å²) < 4.78 is 102. The maximum absolute atomic E-state index is 11.6. The monoisotopic (exact) mass is 238 g/mol. The van der Waals surface area contributed by atoms with E-state index in [1.165, 1.54) is 0 Å². The fraction of sp³-hybridized carbons (Fsp3) is 1.00.